The van der Waals surface area contributed by atoms with Gasteiger partial charge in [-0.2, -0.15) is 0 Å². The van der Waals surface area contributed by atoms with Gasteiger partial charge in [-0.25, -0.2) is 4.79 Å². The van der Waals surface area contributed by atoms with Crippen LogP contribution in [0.2, 0.25) is 5.02 Å². The number of benzene rings is 3. The lowest BCUT2D eigenvalue weighted by atomic mass is 9.99. The van der Waals surface area contributed by atoms with Crippen LogP contribution in [-0.2, 0) is 13.0 Å². The fraction of sp³-hybridized carbons (Fsp3) is 0.160. The third-order valence-corrected chi connectivity index (χ3v) is 5.86. The van der Waals surface area contributed by atoms with E-state index in [0.717, 1.165) is 35.0 Å². The van der Waals surface area contributed by atoms with Crippen molar-refractivity contribution in [3.63, 3.8) is 0 Å². The Labute approximate surface area is 179 Å². The Morgan fingerprint density at radius 2 is 1.70 bits per heavy atom. The molecule has 1 atom stereocenters. The molecule has 30 heavy (non-hydrogen) atoms. The minimum atomic E-state index is -0.373. The summed E-state index contributed by atoms with van der Waals surface area (Å²) in [4.78, 5) is 13.7. The molecule has 0 fully saturated rings. The molecule has 2 heterocycles. The SMILES string of the molecule is O=c1cc(-c2ccccc2)c2cc(Cl)c3c(c2o1)C[NH+](CCc1ccccc1)CO3. The van der Waals surface area contributed by atoms with E-state index < -0.39 is 0 Å². The molecule has 0 aliphatic carbocycles. The molecule has 4 aromatic rings. The average molecular weight is 419 g/mol. The molecule has 150 valence electrons. The molecule has 0 radical (unpaired) electrons. The van der Waals surface area contributed by atoms with Crippen LogP contribution in [0, 0.1) is 0 Å². The summed E-state index contributed by atoms with van der Waals surface area (Å²) in [6.07, 6.45) is 0.951. The molecule has 1 N–H and O–H groups in total. The lowest BCUT2D eigenvalue weighted by molar-refractivity contribution is -0.932. The third kappa shape index (κ3) is 3.60. The van der Waals surface area contributed by atoms with Crippen LogP contribution in [0.3, 0.4) is 0 Å². The summed E-state index contributed by atoms with van der Waals surface area (Å²) < 4.78 is 11.7. The zero-order valence-corrected chi connectivity index (χ0v) is 17.1. The number of hydrogen-bond acceptors (Lipinski definition) is 3. The highest BCUT2D eigenvalue weighted by atomic mass is 35.5. The molecule has 0 saturated carbocycles. The van der Waals surface area contributed by atoms with Crippen molar-refractivity contribution >= 4 is 22.6 Å². The van der Waals surface area contributed by atoms with Crippen molar-refractivity contribution in [1.82, 2.24) is 0 Å². The number of hydrogen-bond donors (Lipinski definition) is 1. The predicted octanol–water partition coefficient (Wildman–Crippen LogP) is 4.09. The molecule has 1 unspecified atom stereocenters. The van der Waals surface area contributed by atoms with Crippen LogP contribution < -0.4 is 15.3 Å². The van der Waals surface area contributed by atoms with Crippen LogP contribution in [0.15, 0.2) is 82.0 Å². The van der Waals surface area contributed by atoms with Gasteiger partial charge in [0.15, 0.2) is 11.3 Å². The highest BCUT2D eigenvalue weighted by Gasteiger charge is 2.27. The topological polar surface area (TPSA) is 43.9 Å². The fourth-order valence-corrected chi connectivity index (χ4v) is 4.36. The van der Waals surface area contributed by atoms with Crippen LogP contribution in [0.5, 0.6) is 5.75 Å². The van der Waals surface area contributed by atoms with Crippen molar-refractivity contribution in [1.29, 1.82) is 0 Å². The Balaban J connectivity index is 1.55. The van der Waals surface area contributed by atoms with Crippen molar-refractivity contribution in [2.24, 2.45) is 0 Å². The quantitative estimate of drug-likeness (QED) is 0.508. The number of halogens is 1. The second kappa shape index (κ2) is 7.98. The molecule has 5 heteroatoms. The van der Waals surface area contributed by atoms with Crippen LogP contribution in [0.1, 0.15) is 11.1 Å². The van der Waals surface area contributed by atoms with Gasteiger partial charge < -0.3 is 9.15 Å². The Morgan fingerprint density at radius 3 is 2.47 bits per heavy atom. The molecule has 1 aromatic heterocycles. The van der Waals surface area contributed by atoms with Gasteiger partial charge in [-0.15, -0.1) is 0 Å². The van der Waals surface area contributed by atoms with Gasteiger partial charge in [-0.05, 0) is 22.8 Å². The van der Waals surface area contributed by atoms with Gasteiger partial charge >= 0.3 is 5.63 Å². The summed E-state index contributed by atoms with van der Waals surface area (Å²) >= 11 is 6.59. The van der Waals surface area contributed by atoms with Gasteiger partial charge in [-0.1, -0.05) is 72.3 Å². The third-order valence-electron chi connectivity index (χ3n) is 5.58. The molecule has 4 nitrogen and oxygen atoms in total. The minimum Gasteiger partial charge on any atom is -0.443 e. The van der Waals surface area contributed by atoms with E-state index in [1.54, 1.807) is 0 Å². The van der Waals surface area contributed by atoms with Gasteiger partial charge in [0.2, 0.25) is 6.73 Å². The molecular formula is C25H21ClNO3+. The van der Waals surface area contributed by atoms with Crippen LogP contribution in [-0.4, -0.2) is 13.3 Å². The van der Waals surface area contributed by atoms with Gasteiger partial charge in [0, 0.05) is 17.9 Å². The van der Waals surface area contributed by atoms with Crippen molar-refractivity contribution in [3.05, 3.63) is 99.4 Å². The molecule has 0 amide bonds. The summed E-state index contributed by atoms with van der Waals surface area (Å²) in [7, 11) is 0. The first kappa shape index (κ1) is 18.9. The van der Waals surface area contributed by atoms with Crippen LogP contribution >= 0.6 is 11.6 Å². The maximum Gasteiger partial charge on any atom is 0.336 e. The molecule has 0 spiro atoms. The number of nitrogens with one attached hydrogen (secondary N) is 1. The highest BCUT2D eigenvalue weighted by molar-refractivity contribution is 6.33. The van der Waals surface area contributed by atoms with Crippen molar-refractivity contribution in [2.45, 2.75) is 13.0 Å². The second-order valence-electron chi connectivity index (χ2n) is 7.59. The van der Waals surface area contributed by atoms with Gasteiger partial charge in [0.1, 0.15) is 6.54 Å². The van der Waals surface area contributed by atoms with Gasteiger partial charge in [-0.3, -0.25) is 4.90 Å². The van der Waals surface area contributed by atoms with E-state index in [4.69, 9.17) is 20.8 Å². The van der Waals surface area contributed by atoms with E-state index in [1.165, 1.54) is 16.5 Å². The maximum atomic E-state index is 12.4. The normalized spacial score (nSPS) is 15.6. The summed E-state index contributed by atoms with van der Waals surface area (Å²) in [6, 6.07) is 23.6. The fourth-order valence-electron chi connectivity index (χ4n) is 4.08. The smallest absolute Gasteiger partial charge is 0.336 e. The Kier molecular flexibility index (Phi) is 5.03. The van der Waals surface area contributed by atoms with E-state index in [1.807, 2.05) is 42.5 Å². The van der Waals surface area contributed by atoms with E-state index >= 15 is 0 Å². The average Bonchev–Trinajstić information content (AvgIpc) is 2.79. The first-order chi connectivity index (χ1) is 14.7. The number of rotatable bonds is 4. The Hall–Kier alpha value is -3.08. The minimum absolute atomic E-state index is 0.373. The summed E-state index contributed by atoms with van der Waals surface area (Å²) in [6.45, 7) is 2.15. The standard InChI is InChI=1S/C25H20ClNO3/c26-22-13-20-19(18-9-5-2-6-10-18)14-23(28)30-24(20)21-15-27(16-29-25(21)22)12-11-17-7-3-1-4-8-17/h1-10,13-14H,11-12,15-16H2/p+1. The molecule has 1 aliphatic rings. The monoisotopic (exact) mass is 418 g/mol. The molecule has 3 aromatic carbocycles. The molecule has 5 rings (SSSR count). The maximum absolute atomic E-state index is 12.4. The molecule has 0 saturated heterocycles. The summed E-state index contributed by atoms with van der Waals surface area (Å²) in [5.41, 5.74) is 4.13. The number of ether oxygens (including phenoxy) is 1. The van der Waals surface area contributed by atoms with Crippen molar-refractivity contribution < 1.29 is 14.1 Å². The highest BCUT2D eigenvalue weighted by Crippen LogP contribution is 2.39. The van der Waals surface area contributed by atoms with Gasteiger partial charge in [0.05, 0.1) is 17.1 Å². The Bertz CT molecular complexity index is 1250. The molecule has 0 bridgehead atoms. The van der Waals surface area contributed by atoms with E-state index in [9.17, 15) is 4.79 Å². The summed E-state index contributed by atoms with van der Waals surface area (Å²) in [5, 5.41) is 1.38. The van der Waals surface area contributed by atoms with Crippen LogP contribution in [0.25, 0.3) is 22.1 Å². The van der Waals surface area contributed by atoms with E-state index in [0.29, 0.717) is 29.6 Å². The second-order valence-corrected chi connectivity index (χ2v) is 8.00. The summed E-state index contributed by atoms with van der Waals surface area (Å²) in [5.74, 6) is 0.626. The van der Waals surface area contributed by atoms with Crippen molar-refractivity contribution in [2.75, 3.05) is 13.3 Å². The zero-order valence-electron chi connectivity index (χ0n) is 16.4. The molecule has 1 aliphatic heterocycles. The van der Waals surface area contributed by atoms with E-state index in [2.05, 4.69) is 24.3 Å². The zero-order chi connectivity index (χ0) is 20.5. The first-order valence-electron chi connectivity index (χ1n) is 10.0. The lowest BCUT2D eigenvalue weighted by Crippen LogP contribution is -3.12. The van der Waals surface area contributed by atoms with Gasteiger partial charge in [0.25, 0.3) is 0 Å². The Morgan fingerprint density at radius 1 is 0.967 bits per heavy atom. The van der Waals surface area contributed by atoms with E-state index in [-0.39, 0.29) is 5.63 Å². The van der Waals surface area contributed by atoms with Crippen LogP contribution in [0.4, 0.5) is 0 Å². The lowest BCUT2D eigenvalue weighted by Gasteiger charge is -2.27. The molecular weight excluding hydrogens is 398 g/mol. The van der Waals surface area contributed by atoms with Crippen molar-refractivity contribution in [3.8, 4) is 16.9 Å². The largest absolute Gasteiger partial charge is 0.443 e. The number of fused-ring (bicyclic) bond motifs is 3. The number of quaternary nitrogens is 1. The predicted molar refractivity (Wildman–Crippen MR) is 118 cm³/mol. The first-order valence-corrected chi connectivity index (χ1v) is 10.4.